The molecule has 28 heavy (non-hydrogen) atoms. The Balaban J connectivity index is 2.38. The number of rotatable bonds is 6. The minimum atomic E-state index is -0.945. The molecule has 3 atom stereocenters. The third-order valence-electron chi connectivity index (χ3n) is 5.48. The van der Waals surface area contributed by atoms with E-state index in [1.54, 1.807) is 0 Å². The van der Waals surface area contributed by atoms with Gasteiger partial charge in [0, 0.05) is 37.7 Å². The molecule has 1 aliphatic rings. The summed E-state index contributed by atoms with van der Waals surface area (Å²) in [5, 5.41) is 6.18. The lowest BCUT2D eigenvalue weighted by atomic mass is 9.67. The van der Waals surface area contributed by atoms with Crippen LogP contribution in [0.5, 0.6) is 0 Å². The molecule has 1 aliphatic carbocycles. The van der Waals surface area contributed by atoms with Crippen molar-refractivity contribution in [2.45, 2.75) is 58.0 Å². The molecule has 154 valence electrons. The number of hydrogen-bond acceptors (Lipinski definition) is 3. The molecule has 0 heterocycles. The highest BCUT2D eigenvalue weighted by molar-refractivity contribution is 5.92. The number of carbonyl (C=O) groups is 2. The van der Waals surface area contributed by atoms with Crippen molar-refractivity contribution in [1.29, 1.82) is 0 Å². The maximum Gasteiger partial charge on any atom is 0.246 e. The van der Waals surface area contributed by atoms with Crippen LogP contribution in [0.25, 0.3) is 0 Å². The van der Waals surface area contributed by atoms with Gasteiger partial charge in [0.1, 0.15) is 5.54 Å². The highest BCUT2D eigenvalue weighted by atomic mass is 16.2. The first-order valence-corrected chi connectivity index (χ1v) is 10.1. The van der Waals surface area contributed by atoms with Gasteiger partial charge in [-0.25, -0.2) is 0 Å². The van der Waals surface area contributed by atoms with Crippen LogP contribution in [0, 0.1) is 11.8 Å². The van der Waals surface area contributed by atoms with Gasteiger partial charge in [-0.1, -0.05) is 24.3 Å². The molecular weight excluding hydrogens is 350 g/mol. The van der Waals surface area contributed by atoms with Crippen LogP contribution in [0.15, 0.2) is 43.0 Å². The third-order valence-corrected chi connectivity index (χ3v) is 5.48. The average Bonchev–Trinajstić information content (AvgIpc) is 2.61. The Morgan fingerprint density at radius 2 is 1.89 bits per heavy atom. The topological polar surface area (TPSA) is 61.4 Å². The quantitative estimate of drug-likeness (QED) is 0.737. The molecule has 0 bridgehead atoms. The zero-order valence-electron chi connectivity index (χ0n) is 17.9. The molecule has 0 radical (unpaired) electrons. The summed E-state index contributed by atoms with van der Waals surface area (Å²) in [6, 6.07) is 10.1. The minimum Gasteiger partial charge on any atom is -0.374 e. The van der Waals surface area contributed by atoms with Crippen molar-refractivity contribution in [3.05, 3.63) is 43.0 Å². The lowest BCUT2D eigenvalue weighted by molar-refractivity contribution is -0.138. The van der Waals surface area contributed by atoms with E-state index in [-0.39, 0.29) is 29.2 Å². The molecular formula is C23H35N3O2. The summed E-state index contributed by atoms with van der Waals surface area (Å²) in [4.78, 5) is 27.8. The lowest BCUT2D eigenvalue weighted by Gasteiger charge is -2.47. The number of amides is 2. The molecule has 5 nitrogen and oxygen atoms in total. The lowest BCUT2D eigenvalue weighted by Crippen LogP contribution is -2.68. The standard InChI is InChI=1S/C23H35N3O2/c1-7-18-13-14-19(16-26(6)20-11-9-8-10-12-20)23(15-18,24-17(2)27)21(28)25-22(3,4)5/h7-12,18-19H,1,13-16H2,2-6H3,(H,24,27)(H,25,28)/t18-,19+,23-/m1/s1. The van der Waals surface area contributed by atoms with Gasteiger partial charge < -0.3 is 15.5 Å². The van der Waals surface area contributed by atoms with Gasteiger partial charge in [-0.15, -0.1) is 6.58 Å². The number of benzene rings is 1. The number of nitrogens with zero attached hydrogens (tertiary/aromatic N) is 1. The zero-order valence-corrected chi connectivity index (χ0v) is 17.9. The molecule has 2 N–H and O–H groups in total. The van der Waals surface area contributed by atoms with Crippen LogP contribution in [0.1, 0.15) is 47.0 Å². The predicted octanol–water partition coefficient (Wildman–Crippen LogP) is 3.51. The SMILES string of the molecule is C=C[C@@H]1CC[C@@H](CN(C)c2ccccc2)[C@@](NC(C)=O)(C(=O)NC(C)(C)C)C1. The van der Waals surface area contributed by atoms with Gasteiger partial charge in [0.25, 0.3) is 0 Å². The second-order valence-electron chi connectivity index (χ2n) is 9.05. The van der Waals surface area contributed by atoms with Crippen molar-refractivity contribution in [2.75, 3.05) is 18.5 Å². The molecule has 0 unspecified atom stereocenters. The largest absolute Gasteiger partial charge is 0.374 e. The van der Waals surface area contributed by atoms with Crippen LogP contribution in [0.2, 0.25) is 0 Å². The van der Waals surface area contributed by atoms with Gasteiger partial charge in [0.05, 0.1) is 0 Å². The monoisotopic (exact) mass is 385 g/mol. The fraction of sp³-hybridized carbons (Fsp3) is 0.565. The fourth-order valence-corrected chi connectivity index (χ4v) is 4.16. The van der Waals surface area contributed by atoms with E-state index in [9.17, 15) is 9.59 Å². The first-order valence-electron chi connectivity index (χ1n) is 10.1. The minimum absolute atomic E-state index is 0.000145. The molecule has 1 aromatic rings. The van der Waals surface area contributed by atoms with Gasteiger partial charge in [-0.2, -0.15) is 0 Å². The number of allylic oxidation sites excluding steroid dienone is 1. The Bertz CT molecular complexity index is 696. The van der Waals surface area contributed by atoms with Crippen LogP contribution in [-0.2, 0) is 9.59 Å². The summed E-state index contributed by atoms with van der Waals surface area (Å²) in [6.07, 6.45) is 4.32. The molecule has 0 aromatic heterocycles. The van der Waals surface area contributed by atoms with Gasteiger partial charge in [-0.05, 0) is 58.1 Å². The van der Waals surface area contributed by atoms with Crippen molar-refractivity contribution in [3.8, 4) is 0 Å². The molecule has 5 heteroatoms. The number of para-hydroxylation sites is 1. The highest BCUT2D eigenvalue weighted by Crippen LogP contribution is 2.39. The van der Waals surface area contributed by atoms with Gasteiger partial charge in [0.15, 0.2) is 0 Å². The van der Waals surface area contributed by atoms with E-state index in [0.717, 1.165) is 18.5 Å². The molecule has 0 saturated heterocycles. The summed E-state index contributed by atoms with van der Waals surface area (Å²) in [5.74, 6) is -0.0784. The van der Waals surface area contributed by atoms with E-state index in [1.165, 1.54) is 6.92 Å². The molecule has 1 aromatic carbocycles. The Kier molecular flexibility index (Phi) is 6.91. The van der Waals surface area contributed by atoms with Crippen molar-refractivity contribution in [2.24, 2.45) is 11.8 Å². The number of anilines is 1. The highest BCUT2D eigenvalue weighted by Gasteiger charge is 2.50. The van der Waals surface area contributed by atoms with Crippen LogP contribution in [-0.4, -0.2) is 36.5 Å². The van der Waals surface area contributed by atoms with E-state index in [4.69, 9.17) is 0 Å². The van der Waals surface area contributed by atoms with Gasteiger partial charge >= 0.3 is 0 Å². The molecule has 1 fully saturated rings. The van der Waals surface area contributed by atoms with E-state index in [1.807, 2.05) is 52.1 Å². The molecule has 2 amide bonds. The van der Waals surface area contributed by atoms with Gasteiger partial charge in [0.2, 0.25) is 11.8 Å². The summed E-state index contributed by atoms with van der Waals surface area (Å²) < 4.78 is 0. The fourth-order valence-electron chi connectivity index (χ4n) is 4.16. The average molecular weight is 386 g/mol. The van der Waals surface area contributed by atoms with Gasteiger partial charge in [-0.3, -0.25) is 9.59 Å². The van der Waals surface area contributed by atoms with E-state index >= 15 is 0 Å². The summed E-state index contributed by atoms with van der Waals surface area (Å²) in [7, 11) is 2.04. The maximum atomic E-state index is 13.5. The molecule has 0 spiro atoms. The van der Waals surface area contributed by atoms with Crippen LogP contribution in [0.3, 0.4) is 0 Å². The van der Waals surface area contributed by atoms with Crippen LogP contribution in [0.4, 0.5) is 5.69 Å². The van der Waals surface area contributed by atoms with Crippen molar-refractivity contribution in [3.63, 3.8) is 0 Å². The van der Waals surface area contributed by atoms with Crippen molar-refractivity contribution in [1.82, 2.24) is 10.6 Å². The zero-order chi connectivity index (χ0) is 20.9. The first kappa shape index (κ1) is 22.0. The molecule has 0 aliphatic heterocycles. The summed E-state index contributed by atoms with van der Waals surface area (Å²) in [6.45, 7) is 12.0. The first-order chi connectivity index (χ1) is 13.1. The Labute approximate surface area is 169 Å². The normalized spacial score (nSPS) is 24.9. The van der Waals surface area contributed by atoms with E-state index in [0.29, 0.717) is 13.0 Å². The van der Waals surface area contributed by atoms with Crippen LogP contribution < -0.4 is 15.5 Å². The number of carbonyl (C=O) groups excluding carboxylic acids is 2. The second-order valence-corrected chi connectivity index (χ2v) is 9.05. The Morgan fingerprint density at radius 1 is 1.25 bits per heavy atom. The van der Waals surface area contributed by atoms with E-state index in [2.05, 4.69) is 34.2 Å². The smallest absolute Gasteiger partial charge is 0.246 e. The summed E-state index contributed by atoms with van der Waals surface area (Å²) >= 11 is 0. The molecule has 2 rings (SSSR count). The Hall–Kier alpha value is -2.30. The van der Waals surface area contributed by atoms with Crippen molar-refractivity contribution < 1.29 is 9.59 Å². The Morgan fingerprint density at radius 3 is 2.43 bits per heavy atom. The second kappa shape index (κ2) is 8.80. The van der Waals surface area contributed by atoms with E-state index < -0.39 is 5.54 Å². The van der Waals surface area contributed by atoms with Crippen molar-refractivity contribution >= 4 is 17.5 Å². The maximum absolute atomic E-state index is 13.5. The number of nitrogens with one attached hydrogen (secondary N) is 2. The summed E-state index contributed by atoms with van der Waals surface area (Å²) in [5.41, 5.74) is -0.222. The molecule has 1 saturated carbocycles. The third kappa shape index (κ3) is 5.37. The number of hydrogen-bond donors (Lipinski definition) is 2. The predicted molar refractivity (Wildman–Crippen MR) is 115 cm³/mol. The van der Waals surface area contributed by atoms with Crippen LogP contribution >= 0.6 is 0 Å².